The zero-order chi connectivity index (χ0) is 12.1. The van der Waals surface area contributed by atoms with Crippen LogP contribution in [0.5, 0.6) is 0 Å². The van der Waals surface area contributed by atoms with Crippen molar-refractivity contribution in [2.75, 3.05) is 19.6 Å². The molecule has 96 valence electrons. The summed E-state index contributed by atoms with van der Waals surface area (Å²) in [4.78, 5) is 0. The maximum Gasteiger partial charge on any atom is 0.0666 e. The lowest BCUT2D eigenvalue weighted by molar-refractivity contribution is 0.360. The molecular formula is C13H24N4. The third-order valence-corrected chi connectivity index (χ3v) is 3.47. The van der Waals surface area contributed by atoms with Gasteiger partial charge in [-0.3, -0.25) is 4.68 Å². The van der Waals surface area contributed by atoms with Crippen LogP contribution in [-0.2, 0) is 20.0 Å². The Balaban J connectivity index is 1.76. The van der Waals surface area contributed by atoms with Gasteiger partial charge in [0.2, 0.25) is 0 Å². The third-order valence-electron chi connectivity index (χ3n) is 3.47. The largest absolute Gasteiger partial charge is 0.316 e. The van der Waals surface area contributed by atoms with Crippen LogP contribution >= 0.6 is 0 Å². The second-order valence-corrected chi connectivity index (χ2v) is 4.97. The van der Waals surface area contributed by atoms with Crippen molar-refractivity contribution >= 4 is 0 Å². The SMILES string of the molecule is CCc1nn(C)cc1CNCC1CCCNC1. The predicted octanol–water partition coefficient (Wildman–Crippen LogP) is 1.07. The number of rotatable bonds is 5. The minimum absolute atomic E-state index is 0.797. The molecule has 0 spiro atoms. The van der Waals surface area contributed by atoms with Crippen LogP contribution in [0.25, 0.3) is 0 Å². The molecule has 1 aliphatic rings. The number of aryl methyl sites for hydroxylation is 2. The van der Waals surface area contributed by atoms with Gasteiger partial charge in [0.1, 0.15) is 0 Å². The van der Waals surface area contributed by atoms with E-state index in [2.05, 4.69) is 28.9 Å². The van der Waals surface area contributed by atoms with Gasteiger partial charge in [-0.25, -0.2) is 0 Å². The van der Waals surface area contributed by atoms with Gasteiger partial charge < -0.3 is 10.6 Å². The number of piperidine rings is 1. The minimum Gasteiger partial charge on any atom is -0.316 e. The molecule has 1 saturated heterocycles. The van der Waals surface area contributed by atoms with Gasteiger partial charge >= 0.3 is 0 Å². The highest BCUT2D eigenvalue weighted by atomic mass is 15.3. The zero-order valence-electron chi connectivity index (χ0n) is 11.0. The van der Waals surface area contributed by atoms with Gasteiger partial charge in [-0.2, -0.15) is 5.10 Å². The summed E-state index contributed by atoms with van der Waals surface area (Å²) in [5.41, 5.74) is 2.57. The summed E-state index contributed by atoms with van der Waals surface area (Å²) in [6.07, 6.45) is 5.82. The Hall–Kier alpha value is -0.870. The first-order valence-corrected chi connectivity index (χ1v) is 6.72. The first-order chi connectivity index (χ1) is 8.29. The molecule has 0 bridgehead atoms. The summed E-state index contributed by atoms with van der Waals surface area (Å²) in [6.45, 7) is 6.59. The molecule has 4 nitrogen and oxygen atoms in total. The number of hydrogen-bond donors (Lipinski definition) is 2. The Morgan fingerprint density at radius 3 is 3.18 bits per heavy atom. The molecular weight excluding hydrogens is 212 g/mol. The molecule has 2 rings (SSSR count). The standard InChI is InChI=1S/C13H24N4/c1-3-13-12(10-17(2)16-13)9-15-8-11-5-4-6-14-7-11/h10-11,14-15H,3-9H2,1-2H3. The van der Waals surface area contributed by atoms with Crippen molar-refractivity contribution in [3.8, 4) is 0 Å². The lowest BCUT2D eigenvalue weighted by Gasteiger charge is -2.22. The summed E-state index contributed by atoms with van der Waals surface area (Å²) in [6, 6.07) is 0. The molecule has 1 aromatic rings. The maximum absolute atomic E-state index is 4.46. The van der Waals surface area contributed by atoms with Gasteiger partial charge in [0.25, 0.3) is 0 Å². The van der Waals surface area contributed by atoms with Gasteiger partial charge in [-0.15, -0.1) is 0 Å². The van der Waals surface area contributed by atoms with E-state index in [1.807, 2.05) is 11.7 Å². The van der Waals surface area contributed by atoms with Crippen LogP contribution < -0.4 is 10.6 Å². The number of hydrogen-bond acceptors (Lipinski definition) is 3. The topological polar surface area (TPSA) is 41.9 Å². The highest BCUT2D eigenvalue weighted by molar-refractivity contribution is 5.16. The van der Waals surface area contributed by atoms with Crippen LogP contribution in [0.15, 0.2) is 6.20 Å². The van der Waals surface area contributed by atoms with E-state index in [0.717, 1.165) is 25.4 Å². The van der Waals surface area contributed by atoms with Gasteiger partial charge in [0, 0.05) is 25.4 Å². The molecule has 0 aromatic carbocycles. The van der Waals surface area contributed by atoms with Crippen LogP contribution in [0.4, 0.5) is 0 Å². The molecule has 4 heteroatoms. The van der Waals surface area contributed by atoms with E-state index in [0.29, 0.717) is 0 Å². The molecule has 0 amide bonds. The van der Waals surface area contributed by atoms with Crippen molar-refractivity contribution in [2.24, 2.45) is 13.0 Å². The molecule has 0 radical (unpaired) electrons. The Bertz CT molecular complexity index is 339. The Kier molecular flexibility index (Phi) is 4.57. The highest BCUT2D eigenvalue weighted by Crippen LogP contribution is 2.10. The monoisotopic (exact) mass is 236 g/mol. The summed E-state index contributed by atoms with van der Waals surface area (Å²) < 4.78 is 1.91. The second-order valence-electron chi connectivity index (χ2n) is 4.97. The smallest absolute Gasteiger partial charge is 0.0666 e. The van der Waals surface area contributed by atoms with Gasteiger partial charge in [0.05, 0.1) is 5.69 Å². The second kappa shape index (κ2) is 6.17. The zero-order valence-corrected chi connectivity index (χ0v) is 11.0. The van der Waals surface area contributed by atoms with Gasteiger partial charge in [-0.1, -0.05) is 6.92 Å². The first kappa shape index (κ1) is 12.6. The van der Waals surface area contributed by atoms with Crippen LogP contribution in [0.1, 0.15) is 31.0 Å². The summed E-state index contributed by atoms with van der Waals surface area (Å²) in [5.74, 6) is 0.797. The van der Waals surface area contributed by atoms with E-state index >= 15 is 0 Å². The van der Waals surface area contributed by atoms with Crippen molar-refractivity contribution < 1.29 is 0 Å². The lowest BCUT2D eigenvalue weighted by Crippen LogP contribution is -2.35. The van der Waals surface area contributed by atoms with Crippen molar-refractivity contribution in [3.63, 3.8) is 0 Å². The fourth-order valence-corrected chi connectivity index (χ4v) is 2.54. The number of aromatic nitrogens is 2. The van der Waals surface area contributed by atoms with E-state index in [-0.39, 0.29) is 0 Å². The molecule has 1 aliphatic heterocycles. The van der Waals surface area contributed by atoms with Crippen LogP contribution in [0.2, 0.25) is 0 Å². The predicted molar refractivity (Wildman–Crippen MR) is 69.9 cm³/mol. The minimum atomic E-state index is 0.797. The summed E-state index contributed by atoms with van der Waals surface area (Å²) in [5, 5.41) is 11.5. The molecule has 1 aromatic heterocycles. The van der Waals surface area contributed by atoms with Crippen molar-refractivity contribution in [1.82, 2.24) is 20.4 Å². The third kappa shape index (κ3) is 3.54. The molecule has 1 atom stereocenters. The van der Waals surface area contributed by atoms with Crippen LogP contribution in [0.3, 0.4) is 0 Å². The van der Waals surface area contributed by atoms with Crippen molar-refractivity contribution in [3.05, 3.63) is 17.5 Å². The molecule has 0 saturated carbocycles. The molecule has 1 fully saturated rings. The molecule has 2 N–H and O–H groups in total. The average molecular weight is 236 g/mol. The number of nitrogens with zero attached hydrogens (tertiary/aromatic N) is 2. The van der Waals surface area contributed by atoms with Crippen molar-refractivity contribution in [1.29, 1.82) is 0 Å². The fraction of sp³-hybridized carbons (Fsp3) is 0.769. The molecule has 1 unspecified atom stereocenters. The van der Waals surface area contributed by atoms with E-state index in [1.165, 1.54) is 37.2 Å². The Morgan fingerprint density at radius 1 is 1.59 bits per heavy atom. The van der Waals surface area contributed by atoms with Crippen LogP contribution in [-0.4, -0.2) is 29.4 Å². The summed E-state index contributed by atoms with van der Waals surface area (Å²) in [7, 11) is 1.99. The normalized spacial score (nSPS) is 20.7. The average Bonchev–Trinajstić information content (AvgIpc) is 2.71. The van der Waals surface area contributed by atoms with Crippen molar-refractivity contribution in [2.45, 2.75) is 32.7 Å². The van der Waals surface area contributed by atoms with E-state index in [4.69, 9.17) is 0 Å². The van der Waals surface area contributed by atoms with E-state index < -0.39 is 0 Å². The Morgan fingerprint density at radius 2 is 2.47 bits per heavy atom. The number of nitrogens with one attached hydrogen (secondary N) is 2. The highest BCUT2D eigenvalue weighted by Gasteiger charge is 2.12. The lowest BCUT2D eigenvalue weighted by atomic mass is 10.00. The molecule has 2 heterocycles. The first-order valence-electron chi connectivity index (χ1n) is 6.72. The van der Waals surface area contributed by atoms with Crippen LogP contribution in [0, 0.1) is 5.92 Å². The van der Waals surface area contributed by atoms with E-state index in [9.17, 15) is 0 Å². The summed E-state index contributed by atoms with van der Waals surface area (Å²) >= 11 is 0. The van der Waals surface area contributed by atoms with Gasteiger partial charge in [-0.05, 0) is 44.8 Å². The maximum atomic E-state index is 4.46. The quantitative estimate of drug-likeness (QED) is 0.803. The molecule has 0 aliphatic carbocycles. The molecule has 17 heavy (non-hydrogen) atoms. The fourth-order valence-electron chi connectivity index (χ4n) is 2.54. The Labute approximate surface area is 104 Å². The van der Waals surface area contributed by atoms with E-state index in [1.54, 1.807) is 0 Å². The van der Waals surface area contributed by atoms with Gasteiger partial charge in [0.15, 0.2) is 0 Å².